The van der Waals surface area contributed by atoms with E-state index in [-0.39, 0.29) is 18.1 Å². The molecule has 0 unspecified atom stereocenters. The monoisotopic (exact) mass is 270 g/mol. The molecule has 2 nitrogen and oxygen atoms in total. The number of hydrogen-bond acceptors (Lipinski definition) is 2. The summed E-state index contributed by atoms with van der Waals surface area (Å²) in [7, 11) is 0. The molecule has 0 aliphatic carbocycles. The van der Waals surface area contributed by atoms with Gasteiger partial charge in [0, 0.05) is 6.07 Å². The van der Waals surface area contributed by atoms with Crippen LogP contribution < -0.4 is 4.74 Å². The third kappa shape index (κ3) is 3.79. The second-order valence-electron chi connectivity index (χ2n) is 4.32. The Morgan fingerprint density at radius 2 is 1.95 bits per heavy atom. The molecule has 0 aliphatic heterocycles. The standard InChI is InChI=1S/C17H15FO2/c1-13(19)16-10-9-15(18)12-17(16)20-11-5-8-14-6-3-2-4-7-14/h2-10,12H,11H2,1H3. The van der Waals surface area contributed by atoms with Crippen LogP contribution in [0.2, 0.25) is 0 Å². The van der Waals surface area contributed by atoms with Gasteiger partial charge in [0.1, 0.15) is 18.2 Å². The number of ether oxygens (including phenoxy) is 1. The molecule has 2 aromatic carbocycles. The molecule has 102 valence electrons. The van der Waals surface area contributed by atoms with E-state index in [1.807, 2.05) is 42.5 Å². The zero-order valence-corrected chi connectivity index (χ0v) is 11.2. The highest BCUT2D eigenvalue weighted by Gasteiger charge is 2.08. The fourth-order valence-corrected chi connectivity index (χ4v) is 1.79. The van der Waals surface area contributed by atoms with Gasteiger partial charge in [0.05, 0.1) is 5.56 Å². The van der Waals surface area contributed by atoms with E-state index in [2.05, 4.69) is 0 Å². The van der Waals surface area contributed by atoms with Crippen molar-refractivity contribution in [3.63, 3.8) is 0 Å². The van der Waals surface area contributed by atoms with Crippen LogP contribution in [-0.2, 0) is 0 Å². The maximum Gasteiger partial charge on any atom is 0.163 e. The van der Waals surface area contributed by atoms with Crippen LogP contribution in [0.25, 0.3) is 6.08 Å². The molecule has 0 fully saturated rings. The fraction of sp³-hybridized carbons (Fsp3) is 0.118. The fourth-order valence-electron chi connectivity index (χ4n) is 1.79. The Bertz CT molecular complexity index is 618. The number of benzene rings is 2. The highest BCUT2D eigenvalue weighted by molar-refractivity contribution is 5.96. The minimum atomic E-state index is -0.419. The van der Waals surface area contributed by atoms with Crippen LogP contribution in [0.4, 0.5) is 4.39 Å². The first-order valence-electron chi connectivity index (χ1n) is 6.31. The summed E-state index contributed by atoms with van der Waals surface area (Å²) in [5.74, 6) is -0.292. The van der Waals surface area contributed by atoms with Gasteiger partial charge in [-0.05, 0) is 30.7 Å². The summed E-state index contributed by atoms with van der Waals surface area (Å²) in [6.45, 7) is 1.71. The zero-order chi connectivity index (χ0) is 14.4. The van der Waals surface area contributed by atoms with Crippen LogP contribution in [-0.4, -0.2) is 12.4 Å². The summed E-state index contributed by atoms with van der Waals surface area (Å²) in [4.78, 5) is 11.4. The van der Waals surface area contributed by atoms with Gasteiger partial charge in [-0.3, -0.25) is 4.79 Å². The van der Waals surface area contributed by atoms with Crippen LogP contribution >= 0.6 is 0 Å². The highest BCUT2D eigenvalue weighted by atomic mass is 19.1. The van der Waals surface area contributed by atoms with Crippen molar-refractivity contribution in [2.75, 3.05) is 6.61 Å². The van der Waals surface area contributed by atoms with Crippen molar-refractivity contribution in [1.82, 2.24) is 0 Å². The number of halogens is 1. The third-order valence-electron chi connectivity index (χ3n) is 2.77. The zero-order valence-electron chi connectivity index (χ0n) is 11.2. The Morgan fingerprint density at radius 1 is 1.20 bits per heavy atom. The molecule has 0 saturated heterocycles. The van der Waals surface area contributed by atoms with Gasteiger partial charge < -0.3 is 4.74 Å². The van der Waals surface area contributed by atoms with Gasteiger partial charge in [-0.1, -0.05) is 36.4 Å². The summed E-state index contributed by atoms with van der Waals surface area (Å²) in [5, 5.41) is 0. The number of Topliss-reactive ketones (excluding diaryl/α,β-unsaturated/α-hetero) is 1. The molecule has 0 atom stereocenters. The average molecular weight is 270 g/mol. The van der Waals surface area contributed by atoms with Gasteiger partial charge in [0.15, 0.2) is 5.78 Å². The van der Waals surface area contributed by atoms with E-state index in [0.29, 0.717) is 5.56 Å². The van der Waals surface area contributed by atoms with Crippen molar-refractivity contribution < 1.29 is 13.9 Å². The van der Waals surface area contributed by atoms with Crippen LogP contribution in [0.1, 0.15) is 22.8 Å². The van der Waals surface area contributed by atoms with Crippen molar-refractivity contribution in [3.8, 4) is 5.75 Å². The molecular weight excluding hydrogens is 255 g/mol. The molecule has 0 amide bonds. The summed E-state index contributed by atoms with van der Waals surface area (Å²) in [6.07, 6.45) is 3.73. The molecule has 2 rings (SSSR count). The lowest BCUT2D eigenvalue weighted by molar-refractivity contribution is 0.101. The Balaban J connectivity index is 2.02. The Labute approximate surface area is 117 Å². The molecule has 0 aliphatic rings. The maximum atomic E-state index is 13.2. The molecule has 0 bridgehead atoms. The molecule has 0 spiro atoms. The molecule has 20 heavy (non-hydrogen) atoms. The first kappa shape index (κ1) is 14.0. The van der Waals surface area contributed by atoms with Crippen molar-refractivity contribution in [2.24, 2.45) is 0 Å². The van der Waals surface area contributed by atoms with Crippen LogP contribution in [0, 0.1) is 5.82 Å². The van der Waals surface area contributed by atoms with Gasteiger partial charge in [0.25, 0.3) is 0 Å². The highest BCUT2D eigenvalue weighted by Crippen LogP contribution is 2.20. The molecule has 0 saturated carbocycles. The first-order chi connectivity index (χ1) is 9.66. The number of carbonyl (C=O) groups is 1. The molecule has 0 aromatic heterocycles. The molecular formula is C17H15FO2. The van der Waals surface area contributed by atoms with Gasteiger partial charge >= 0.3 is 0 Å². The predicted molar refractivity (Wildman–Crippen MR) is 77.4 cm³/mol. The second kappa shape index (κ2) is 6.66. The number of hydrogen-bond donors (Lipinski definition) is 0. The largest absolute Gasteiger partial charge is 0.489 e. The molecule has 0 N–H and O–H groups in total. The van der Waals surface area contributed by atoms with Crippen molar-refractivity contribution in [1.29, 1.82) is 0 Å². The second-order valence-corrected chi connectivity index (χ2v) is 4.32. The predicted octanol–water partition coefficient (Wildman–Crippen LogP) is 4.12. The lowest BCUT2D eigenvalue weighted by Gasteiger charge is -2.07. The summed E-state index contributed by atoms with van der Waals surface area (Å²) < 4.78 is 18.6. The van der Waals surface area contributed by atoms with Gasteiger partial charge in [-0.25, -0.2) is 4.39 Å². The Hall–Kier alpha value is -2.42. The van der Waals surface area contributed by atoms with E-state index in [1.165, 1.54) is 25.1 Å². The normalized spacial score (nSPS) is 10.7. The Kier molecular flexibility index (Phi) is 4.66. The van der Waals surface area contributed by atoms with Gasteiger partial charge in [-0.2, -0.15) is 0 Å². The third-order valence-corrected chi connectivity index (χ3v) is 2.77. The Morgan fingerprint density at radius 3 is 2.65 bits per heavy atom. The summed E-state index contributed by atoms with van der Waals surface area (Å²) in [5.41, 5.74) is 1.45. The smallest absolute Gasteiger partial charge is 0.163 e. The molecule has 0 heterocycles. The lowest BCUT2D eigenvalue weighted by atomic mass is 10.1. The quantitative estimate of drug-likeness (QED) is 0.764. The SMILES string of the molecule is CC(=O)c1ccc(F)cc1OCC=Cc1ccccc1. The van der Waals surface area contributed by atoms with Crippen molar-refractivity contribution >= 4 is 11.9 Å². The molecule has 2 aromatic rings. The summed E-state index contributed by atoms with van der Waals surface area (Å²) >= 11 is 0. The number of carbonyl (C=O) groups excluding carboxylic acids is 1. The minimum absolute atomic E-state index is 0.146. The number of ketones is 1. The summed E-state index contributed by atoms with van der Waals surface area (Å²) in [6, 6.07) is 13.7. The first-order valence-corrected chi connectivity index (χ1v) is 6.31. The topological polar surface area (TPSA) is 26.3 Å². The molecule has 0 radical (unpaired) electrons. The molecule has 3 heteroatoms. The van der Waals surface area contributed by atoms with E-state index >= 15 is 0 Å². The van der Waals surface area contributed by atoms with E-state index in [4.69, 9.17) is 4.74 Å². The van der Waals surface area contributed by atoms with E-state index < -0.39 is 5.82 Å². The van der Waals surface area contributed by atoms with Crippen LogP contribution in [0.3, 0.4) is 0 Å². The van der Waals surface area contributed by atoms with E-state index in [9.17, 15) is 9.18 Å². The van der Waals surface area contributed by atoms with Crippen LogP contribution in [0.5, 0.6) is 5.75 Å². The minimum Gasteiger partial charge on any atom is -0.489 e. The van der Waals surface area contributed by atoms with Gasteiger partial charge in [-0.15, -0.1) is 0 Å². The van der Waals surface area contributed by atoms with Crippen molar-refractivity contribution in [2.45, 2.75) is 6.92 Å². The van der Waals surface area contributed by atoms with E-state index in [1.54, 1.807) is 0 Å². The van der Waals surface area contributed by atoms with E-state index in [0.717, 1.165) is 5.56 Å². The average Bonchev–Trinajstić information content (AvgIpc) is 2.44. The van der Waals surface area contributed by atoms with Crippen molar-refractivity contribution in [3.05, 3.63) is 71.6 Å². The van der Waals surface area contributed by atoms with Gasteiger partial charge in [0.2, 0.25) is 0 Å². The maximum absolute atomic E-state index is 13.2. The van der Waals surface area contributed by atoms with Crippen LogP contribution in [0.15, 0.2) is 54.6 Å². The number of rotatable bonds is 5. The lowest BCUT2D eigenvalue weighted by Crippen LogP contribution is -2.01.